The summed E-state index contributed by atoms with van der Waals surface area (Å²) in [6, 6.07) is 1.78. The summed E-state index contributed by atoms with van der Waals surface area (Å²) in [5.74, 6) is 1.38. The molecule has 80 valence electrons. The minimum Gasteiger partial charge on any atom is -0.394 e. The number of hydrogen-bond acceptors (Lipinski definition) is 7. The highest BCUT2D eigenvalue weighted by molar-refractivity contribution is 7.98. The molecule has 0 saturated carbocycles. The van der Waals surface area contributed by atoms with Crippen molar-refractivity contribution in [2.75, 3.05) is 6.61 Å². The molecule has 2 heterocycles. The van der Waals surface area contributed by atoms with Crippen LogP contribution < -0.4 is 0 Å². The maximum atomic E-state index is 8.76. The van der Waals surface area contributed by atoms with Gasteiger partial charge in [0.15, 0.2) is 0 Å². The Morgan fingerprint density at radius 2 is 2.47 bits per heavy atom. The van der Waals surface area contributed by atoms with Gasteiger partial charge in [-0.1, -0.05) is 16.9 Å². The van der Waals surface area contributed by atoms with Crippen molar-refractivity contribution in [1.82, 2.24) is 25.4 Å². The smallest absolute Gasteiger partial charge is 0.209 e. The summed E-state index contributed by atoms with van der Waals surface area (Å²) in [5.41, 5.74) is 0. The quantitative estimate of drug-likeness (QED) is 0.716. The first-order valence-corrected chi connectivity index (χ1v) is 5.28. The van der Waals surface area contributed by atoms with Gasteiger partial charge >= 0.3 is 0 Å². The van der Waals surface area contributed by atoms with E-state index >= 15 is 0 Å². The van der Waals surface area contributed by atoms with E-state index in [1.165, 1.54) is 11.8 Å². The van der Waals surface area contributed by atoms with E-state index in [1.54, 1.807) is 16.9 Å². The third kappa shape index (κ3) is 2.54. The van der Waals surface area contributed by atoms with Crippen LogP contribution in [-0.2, 0) is 12.3 Å². The Hall–Kier alpha value is -1.41. The SMILES string of the molecule is OCCn1nnnc1SCc1ccno1. The van der Waals surface area contributed by atoms with E-state index in [1.807, 2.05) is 0 Å². The Kier molecular flexibility index (Phi) is 3.30. The van der Waals surface area contributed by atoms with Crippen molar-refractivity contribution in [1.29, 1.82) is 0 Å². The zero-order valence-corrected chi connectivity index (χ0v) is 8.59. The average Bonchev–Trinajstić information content (AvgIpc) is 2.85. The summed E-state index contributed by atoms with van der Waals surface area (Å²) in [6.45, 7) is 0.409. The van der Waals surface area contributed by atoms with Crippen LogP contribution in [0.25, 0.3) is 0 Å². The second-order valence-corrected chi connectivity index (χ2v) is 3.62. The molecule has 0 fully saturated rings. The lowest BCUT2D eigenvalue weighted by molar-refractivity contribution is 0.262. The predicted octanol–water partition coefficient (Wildman–Crippen LogP) is -0.0543. The first-order valence-electron chi connectivity index (χ1n) is 4.29. The van der Waals surface area contributed by atoms with E-state index in [4.69, 9.17) is 9.63 Å². The maximum absolute atomic E-state index is 8.76. The molecule has 15 heavy (non-hydrogen) atoms. The number of aromatic nitrogens is 5. The predicted molar refractivity (Wildman–Crippen MR) is 51.0 cm³/mol. The third-order valence-electron chi connectivity index (χ3n) is 1.65. The van der Waals surface area contributed by atoms with Crippen LogP contribution >= 0.6 is 11.8 Å². The van der Waals surface area contributed by atoms with Gasteiger partial charge in [-0.15, -0.1) is 5.10 Å². The number of hydrogen-bond donors (Lipinski definition) is 1. The van der Waals surface area contributed by atoms with Crippen molar-refractivity contribution in [3.63, 3.8) is 0 Å². The van der Waals surface area contributed by atoms with Gasteiger partial charge in [0.1, 0.15) is 5.76 Å². The largest absolute Gasteiger partial charge is 0.394 e. The van der Waals surface area contributed by atoms with Crippen molar-refractivity contribution in [2.45, 2.75) is 17.5 Å². The van der Waals surface area contributed by atoms with Gasteiger partial charge in [0.2, 0.25) is 5.16 Å². The van der Waals surface area contributed by atoms with Gasteiger partial charge in [0, 0.05) is 6.07 Å². The monoisotopic (exact) mass is 227 g/mol. The molecule has 0 aliphatic carbocycles. The van der Waals surface area contributed by atoms with E-state index in [0.29, 0.717) is 17.5 Å². The highest BCUT2D eigenvalue weighted by Crippen LogP contribution is 2.19. The molecule has 0 aliphatic heterocycles. The molecular formula is C7H9N5O2S. The molecule has 7 nitrogen and oxygen atoms in total. The summed E-state index contributed by atoms with van der Waals surface area (Å²) in [7, 11) is 0. The molecule has 2 rings (SSSR count). The molecule has 0 atom stereocenters. The van der Waals surface area contributed by atoms with Crippen LogP contribution in [0.4, 0.5) is 0 Å². The topological polar surface area (TPSA) is 89.9 Å². The Balaban J connectivity index is 1.95. The molecule has 2 aromatic heterocycles. The van der Waals surface area contributed by atoms with E-state index in [0.717, 1.165) is 5.76 Å². The van der Waals surface area contributed by atoms with Gasteiger partial charge in [-0.3, -0.25) is 0 Å². The molecule has 0 aliphatic rings. The van der Waals surface area contributed by atoms with Crippen molar-refractivity contribution in [3.8, 4) is 0 Å². The van der Waals surface area contributed by atoms with Crippen LogP contribution in [0.1, 0.15) is 5.76 Å². The number of aliphatic hydroxyl groups is 1. The lowest BCUT2D eigenvalue weighted by Gasteiger charge is -1.99. The van der Waals surface area contributed by atoms with Gasteiger partial charge in [-0.25, -0.2) is 4.68 Å². The van der Waals surface area contributed by atoms with Crippen LogP contribution in [0.2, 0.25) is 0 Å². The van der Waals surface area contributed by atoms with Gasteiger partial charge in [-0.2, -0.15) is 0 Å². The van der Waals surface area contributed by atoms with E-state index in [9.17, 15) is 0 Å². The Labute approximate surface area is 89.4 Å². The van der Waals surface area contributed by atoms with Gasteiger partial charge in [0.05, 0.1) is 25.1 Å². The van der Waals surface area contributed by atoms with E-state index in [2.05, 4.69) is 20.7 Å². The molecule has 0 spiro atoms. The number of rotatable bonds is 5. The lowest BCUT2D eigenvalue weighted by atomic mass is 10.5. The van der Waals surface area contributed by atoms with Crippen LogP contribution in [-0.4, -0.2) is 37.1 Å². The Morgan fingerprint density at radius 1 is 1.53 bits per heavy atom. The molecule has 0 radical (unpaired) electrons. The molecule has 0 aromatic carbocycles. The Morgan fingerprint density at radius 3 is 3.20 bits per heavy atom. The second kappa shape index (κ2) is 4.89. The molecule has 0 unspecified atom stereocenters. The summed E-state index contributed by atoms with van der Waals surface area (Å²) in [6.07, 6.45) is 1.59. The number of nitrogens with zero attached hydrogens (tertiary/aromatic N) is 5. The highest BCUT2D eigenvalue weighted by Gasteiger charge is 2.07. The average molecular weight is 227 g/mol. The van der Waals surface area contributed by atoms with Gasteiger partial charge in [-0.05, 0) is 10.4 Å². The first kappa shape index (κ1) is 10.1. The molecule has 0 amide bonds. The van der Waals surface area contributed by atoms with Crippen molar-refractivity contribution in [3.05, 3.63) is 18.0 Å². The first-order chi connectivity index (χ1) is 7.40. The van der Waals surface area contributed by atoms with E-state index < -0.39 is 0 Å². The fourth-order valence-electron chi connectivity index (χ4n) is 0.987. The fourth-order valence-corrected chi connectivity index (χ4v) is 1.78. The summed E-state index contributed by atoms with van der Waals surface area (Å²) in [5, 5.41) is 24.1. The molecule has 2 aromatic rings. The van der Waals surface area contributed by atoms with E-state index in [-0.39, 0.29) is 6.61 Å². The second-order valence-electron chi connectivity index (χ2n) is 2.68. The normalized spacial score (nSPS) is 10.7. The zero-order valence-electron chi connectivity index (χ0n) is 7.78. The lowest BCUT2D eigenvalue weighted by Crippen LogP contribution is -2.05. The van der Waals surface area contributed by atoms with Gasteiger partial charge < -0.3 is 9.63 Å². The van der Waals surface area contributed by atoms with Crippen LogP contribution in [0, 0.1) is 0 Å². The molecular weight excluding hydrogens is 218 g/mol. The van der Waals surface area contributed by atoms with Crippen molar-refractivity contribution in [2.24, 2.45) is 0 Å². The number of aliphatic hydroxyl groups excluding tert-OH is 1. The minimum atomic E-state index is 0.0148. The molecule has 1 N–H and O–H groups in total. The summed E-state index contributed by atoms with van der Waals surface area (Å²) < 4.78 is 6.48. The van der Waals surface area contributed by atoms with Crippen LogP contribution in [0.3, 0.4) is 0 Å². The molecule has 0 saturated heterocycles. The third-order valence-corrected chi connectivity index (χ3v) is 2.63. The summed E-state index contributed by atoms with van der Waals surface area (Å²) in [4.78, 5) is 0. The highest BCUT2D eigenvalue weighted by atomic mass is 32.2. The van der Waals surface area contributed by atoms with Gasteiger partial charge in [0.25, 0.3) is 0 Å². The maximum Gasteiger partial charge on any atom is 0.209 e. The summed E-state index contributed by atoms with van der Waals surface area (Å²) >= 11 is 1.43. The van der Waals surface area contributed by atoms with Crippen molar-refractivity contribution < 1.29 is 9.63 Å². The molecule has 0 bridgehead atoms. The Bertz CT molecular complexity index is 401. The number of tetrazole rings is 1. The minimum absolute atomic E-state index is 0.0148. The zero-order chi connectivity index (χ0) is 10.5. The fraction of sp³-hybridized carbons (Fsp3) is 0.429. The molecule has 8 heteroatoms. The number of thioether (sulfide) groups is 1. The van der Waals surface area contributed by atoms with Crippen molar-refractivity contribution >= 4 is 11.8 Å². The van der Waals surface area contributed by atoms with Crippen LogP contribution in [0.5, 0.6) is 0 Å². The standard InChI is InChI=1S/C7H9N5O2S/c13-4-3-12-7(9-10-11-12)15-5-6-1-2-8-14-6/h1-2,13H,3-5H2. The van der Waals surface area contributed by atoms with Crippen LogP contribution in [0.15, 0.2) is 21.9 Å².